The number of carbonyl (C=O) groups excluding carboxylic acids is 1. The Kier molecular flexibility index (Phi) is 6.82. The van der Waals surface area contributed by atoms with Gasteiger partial charge in [0, 0.05) is 24.8 Å². The number of unbranched alkanes of at least 4 members (excludes halogenated alkanes) is 3. The summed E-state index contributed by atoms with van der Waals surface area (Å²) in [7, 11) is 1.70. The van der Waals surface area contributed by atoms with Crippen molar-refractivity contribution in [2.45, 2.75) is 89.3 Å². The molecule has 156 valence electrons. The van der Waals surface area contributed by atoms with Crippen LogP contribution < -0.4 is 4.74 Å². The lowest BCUT2D eigenvalue weighted by molar-refractivity contribution is -0.183. The van der Waals surface area contributed by atoms with Crippen LogP contribution in [0.25, 0.3) is 0 Å². The highest BCUT2D eigenvalue weighted by Gasteiger charge is 2.45. The summed E-state index contributed by atoms with van der Waals surface area (Å²) < 4.78 is 17.5. The zero-order valence-electron chi connectivity index (χ0n) is 18.0. The van der Waals surface area contributed by atoms with E-state index >= 15 is 0 Å². The Hall–Kier alpha value is -1.39. The summed E-state index contributed by atoms with van der Waals surface area (Å²) in [5, 5.41) is 0. The second-order valence-corrected chi connectivity index (χ2v) is 8.98. The second kappa shape index (κ2) is 8.96. The van der Waals surface area contributed by atoms with Gasteiger partial charge in [0.05, 0.1) is 26.2 Å². The zero-order chi connectivity index (χ0) is 20.2. The van der Waals surface area contributed by atoms with E-state index in [1.54, 1.807) is 7.11 Å². The predicted octanol–water partition coefficient (Wildman–Crippen LogP) is 5.52. The molecule has 1 aliphatic carbocycles. The summed E-state index contributed by atoms with van der Waals surface area (Å²) in [5.41, 5.74) is 2.34. The van der Waals surface area contributed by atoms with Gasteiger partial charge < -0.3 is 14.2 Å². The van der Waals surface area contributed by atoms with Crippen molar-refractivity contribution in [3.8, 4) is 5.75 Å². The van der Waals surface area contributed by atoms with Crippen molar-refractivity contribution < 1.29 is 19.0 Å². The van der Waals surface area contributed by atoms with E-state index in [1.807, 2.05) is 0 Å². The molecule has 1 spiro atoms. The number of methoxy groups -OCH3 is 1. The fourth-order valence-corrected chi connectivity index (χ4v) is 4.62. The molecule has 0 amide bonds. The topological polar surface area (TPSA) is 44.8 Å². The Labute approximate surface area is 169 Å². The van der Waals surface area contributed by atoms with E-state index in [0.29, 0.717) is 32.5 Å². The maximum Gasteiger partial charge on any atom is 0.169 e. The summed E-state index contributed by atoms with van der Waals surface area (Å²) in [4.78, 5) is 12.7. The normalized spacial score (nSPS) is 22.0. The van der Waals surface area contributed by atoms with Gasteiger partial charge in [-0.05, 0) is 23.5 Å². The highest BCUT2D eigenvalue weighted by Crippen LogP contribution is 2.44. The molecule has 1 saturated heterocycles. The molecule has 28 heavy (non-hydrogen) atoms. The van der Waals surface area contributed by atoms with E-state index < -0.39 is 5.79 Å². The fraction of sp³-hybridized carbons (Fsp3) is 0.708. The van der Waals surface area contributed by atoms with Crippen LogP contribution in [-0.4, -0.2) is 31.9 Å². The lowest BCUT2D eigenvalue weighted by Gasteiger charge is -2.36. The quantitative estimate of drug-likeness (QED) is 0.550. The number of hydrogen-bond acceptors (Lipinski definition) is 4. The van der Waals surface area contributed by atoms with Crippen molar-refractivity contribution in [1.82, 2.24) is 0 Å². The molecule has 2 aliphatic rings. The summed E-state index contributed by atoms with van der Waals surface area (Å²) in [5.74, 6) is 0.270. The average Bonchev–Trinajstić information content (AvgIpc) is 3.15. The summed E-state index contributed by atoms with van der Waals surface area (Å²) in [6.45, 7) is 8.07. The molecule has 2 fully saturated rings. The van der Waals surface area contributed by atoms with Crippen molar-refractivity contribution in [3.63, 3.8) is 0 Å². The summed E-state index contributed by atoms with van der Waals surface area (Å²) in [6.07, 6.45) is 7.98. The number of Topliss-reactive ketones (excluding diaryl/α,β-unsaturated/α-hetero) is 1. The van der Waals surface area contributed by atoms with Crippen LogP contribution in [0.2, 0.25) is 0 Å². The molecule has 1 aliphatic heterocycles. The first-order chi connectivity index (χ1) is 13.4. The molecule has 0 radical (unpaired) electrons. The van der Waals surface area contributed by atoms with Gasteiger partial charge in [0.25, 0.3) is 0 Å². The summed E-state index contributed by atoms with van der Waals surface area (Å²) >= 11 is 0. The SMILES string of the molecule is CCCCCCC(C)(C)c1ccc(C2CC3(CCC2=O)OCCO3)c(OC)c1. The van der Waals surface area contributed by atoms with Crippen molar-refractivity contribution in [2.75, 3.05) is 20.3 Å². The van der Waals surface area contributed by atoms with Crippen LogP contribution in [-0.2, 0) is 19.7 Å². The molecule has 3 rings (SSSR count). The molecule has 1 aromatic rings. The number of carbonyl (C=O) groups is 1. The van der Waals surface area contributed by atoms with Gasteiger partial charge in [-0.1, -0.05) is 58.6 Å². The highest BCUT2D eigenvalue weighted by molar-refractivity contribution is 5.87. The van der Waals surface area contributed by atoms with Crippen LogP contribution in [0.5, 0.6) is 5.75 Å². The standard InChI is InChI=1S/C24H36O4/c1-5-6-7-8-12-23(2,3)18-9-10-19(22(16-18)26-4)20-17-24(13-11-21(20)25)27-14-15-28-24/h9-10,16,20H,5-8,11-15,17H2,1-4H3. The Morgan fingerprint density at radius 2 is 1.93 bits per heavy atom. The average molecular weight is 389 g/mol. The predicted molar refractivity (Wildman–Crippen MR) is 111 cm³/mol. The van der Waals surface area contributed by atoms with E-state index in [0.717, 1.165) is 17.7 Å². The Bertz CT molecular complexity index is 673. The molecule has 1 unspecified atom stereocenters. The first-order valence-corrected chi connectivity index (χ1v) is 10.9. The third-order valence-corrected chi connectivity index (χ3v) is 6.52. The van der Waals surface area contributed by atoms with Crippen LogP contribution in [0, 0.1) is 0 Å². The first-order valence-electron chi connectivity index (χ1n) is 10.9. The van der Waals surface area contributed by atoms with E-state index in [-0.39, 0.29) is 17.1 Å². The van der Waals surface area contributed by atoms with Gasteiger partial charge in [-0.3, -0.25) is 4.79 Å². The fourth-order valence-electron chi connectivity index (χ4n) is 4.62. The molecule has 4 heteroatoms. The maximum atomic E-state index is 12.7. The number of rotatable bonds is 8. The summed E-state index contributed by atoms with van der Waals surface area (Å²) in [6, 6.07) is 6.42. The molecular formula is C24H36O4. The van der Waals surface area contributed by atoms with Crippen molar-refractivity contribution in [1.29, 1.82) is 0 Å². The highest BCUT2D eigenvalue weighted by atomic mass is 16.7. The number of ether oxygens (including phenoxy) is 3. The largest absolute Gasteiger partial charge is 0.496 e. The third kappa shape index (κ3) is 4.60. The monoisotopic (exact) mass is 388 g/mol. The van der Waals surface area contributed by atoms with E-state index in [1.165, 1.54) is 31.2 Å². The van der Waals surface area contributed by atoms with Crippen LogP contribution >= 0.6 is 0 Å². The van der Waals surface area contributed by atoms with Gasteiger partial charge in [-0.25, -0.2) is 0 Å². The molecule has 4 nitrogen and oxygen atoms in total. The smallest absolute Gasteiger partial charge is 0.169 e. The van der Waals surface area contributed by atoms with Gasteiger partial charge in [-0.2, -0.15) is 0 Å². The van der Waals surface area contributed by atoms with Crippen LogP contribution in [0.4, 0.5) is 0 Å². The molecule has 1 saturated carbocycles. The number of benzene rings is 1. The molecule has 0 bridgehead atoms. The van der Waals surface area contributed by atoms with Gasteiger partial charge in [0.15, 0.2) is 5.79 Å². The Morgan fingerprint density at radius 1 is 1.18 bits per heavy atom. The van der Waals surface area contributed by atoms with Crippen LogP contribution in [0.3, 0.4) is 0 Å². The van der Waals surface area contributed by atoms with E-state index in [4.69, 9.17) is 14.2 Å². The molecule has 1 heterocycles. The minimum atomic E-state index is -0.583. The molecule has 1 atom stereocenters. The lowest BCUT2D eigenvalue weighted by atomic mass is 9.76. The van der Waals surface area contributed by atoms with Gasteiger partial charge in [-0.15, -0.1) is 0 Å². The van der Waals surface area contributed by atoms with Gasteiger partial charge >= 0.3 is 0 Å². The van der Waals surface area contributed by atoms with Gasteiger partial charge in [0.2, 0.25) is 0 Å². The van der Waals surface area contributed by atoms with Crippen LogP contribution in [0.15, 0.2) is 18.2 Å². The van der Waals surface area contributed by atoms with E-state index in [9.17, 15) is 4.79 Å². The second-order valence-electron chi connectivity index (χ2n) is 8.98. The number of ketones is 1. The zero-order valence-corrected chi connectivity index (χ0v) is 18.0. The van der Waals surface area contributed by atoms with Crippen molar-refractivity contribution >= 4 is 5.78 Å². The van der Waals surface area contributed by atoms with Crippen molar-refractivity contribution in [2.24, 2.45) is 0 Å². The number of hydrogen-bond donors (Lipinski definition) is 0. The minimum Gasteiger partial charge on any atom is -0.496 e. The third-order valence-electron chi connectivity index (χ3n) is 6.52. The first kappa shape index (κ1) is 21.3. The van der Waals surface area contributed by atoms with Crippen molar-refractivity contribution in [3.05, 3.63) is 29.3 Å². The lowest BCUT2D eigenvalue weighted by Crippen LogP contribution is -2.39. The Morgan fingerprint density at radius 3 is 2.61 bits per heavy atom. The molecule has 0 N–H and O–H groups in total. The molecular weight excluding hydrogens is 352 g/mol. The maximum absolute atomic E-state index is 12.7. The van der Waals surface area contributed by atoms with Crippen LogP contribution in [0.1, 0.15) is 89.2 Å². The molecule has 1 aromatic carbocycles. The Balaban J connectivity index is 1.79. The van der Waals surface area contributed by atoms with E-state index in [2.05, 4.69) is 39.0 Å². The van der Waals surface area contributed by atoms with Gasteiger partial charge in [0.1, 0.15) is 11.5 Å². The molecule has 0 aromatic heterocycles. The minimum absolute atomic E-state index is 0.0923.